The second kappa shape index (κ2) is 3.96. The summed E-state index contributed by atoms with van der Waals surface area (Å²) in [5.41, 5.74) is -0.610. The van der Waals surface area contributed by atoms with Crippen molar-refractivity contribution in [2.75, 3.05) is 0 Å². The SMILES string of the molecule is O=S(=O)(Cl)c1cc(C(F)F)c(Cl)cn1. The topological polar surface area (TPSA) is 47.0 Å². The molecule has 1 aromatic heterocycles. The smallest absolute Gasteiger partial charge is 0.242 e. The molecule has 0 spiro atoms. The average Bonchev–Trinajstić information content (AvgIpc) is 2.02. The van der Waals surface area contributed by atoms with Gasteiger partial charge in [-0.2, -0.15) is 0 Å². The molecule has 0 aromatic carbocycles. The fraction of sp³-hybridized carbons (Fsp3) is 0.167. The monoisotopic (exact) mass is 261 g/mol. The summed E-state index contributed by atoms with van der Waals surface area (Å²) in [6.07, 6.45) is -2.05. The number of hydrogen-bond donors (Lipinski definition) is 0. The zero-order valence-corrected chi connectivity index (χ0v) is 8.74. The minimum Gasteiger partial charge on any atom is -0.242 e. The van der Waals surface area contributed by atoms with Gasteiger partial charge in [0.1, 0.15) is 0 Å². The Bertz CT molecular complexity index is 449. The van der Waals surface area contributed by atoms with Crippen LogP contribution < -0.4 is 0 Å². The van der Waals surface area contributed by atoms with Gasteiger partial charge in [-0.1, -0.05) is 11.6 Å². The van der Waals surface area contributed by atoms with E-state index < -0.39 is 26.1 Å². The van der Waals surface area contributed by atoms with Crippen molar-refractivity contribution in [3.05, 3.63) is 22.8 Å². The van der Waals surface area contributed by atoms with Crippen LogP contribution in [-0.2, 0) is 9.05 Å². The molecule has 0 saturated heterocycles. The first-order valence-corrected chi connectivity index (χ1v) is 5.89. The summed E-state index contributed by atoms with van der Waals surface area (Å²) >= 11 is 5.36. The van der Waals surface area contributed by atoms with E-state index in [1.54, 1.807) is 0 Å². The van der Waals surface area contributed by atoms with E-state index in [9.17, 15) is 17.2 Å². The predicted molar refractivity (Wildman–Crippen MR) is 47.2 cm³/mol. The zero-order valence-electron chi connectivity index (χ0n) is 6.42. The fourth-order valence-electron chi connectivity index (χ4n) is 0.735. The lowest BCUT2D eigenvalue weighted by molar-refractivity contribution is 0.151. The molecule has 0 N–H and O–H groups in total. The molecule has 0 aliphatic carbocycles. The van der Waals surface area contributed by atoms with Gasteiger partial charge in [-0.3, -0.25) is 0 Å². The van der Waals surface area contributed by atoms with Gasteiger partial charge in [-0.05, 0) is 6.07 Å². The molecule has 1 aromatic rings. The molecular weight excluding hydrogens is 259 g/mol. The Morgan fingerprint density at radius 2 is 2.00 bits per heavy atom. The van der Waals surface area contributed by atoms with Crippen molar-refractivity contribution in [1.29, 1.82) is 0 Å². The highest BCUT2D eigenvalue weighted by molar-refractivity contribution is 8.13. The second-order valence-corrected chi connectivity index (χ2v) is 5.20. The average molecular weight is 262 g/mol. The van der Waals surface area contributed by atoms with Crippen LogP contribution in [-0.4, -0.2) is 13.4 Å². The first kappa shape index (κ1) is 11.6. The molecular formula is C6H3Cl2F2NO2S. The number of rotatable bonds is 2. The maximum absolute atomic E-state index is 12.2. The summed E-state index contributed by atoms with van der Waals surface area (Å²) in [5.74, 6) is 0. The van der Waals surface area contributed by atoms with Crippen LogP contribution in [0.25, 0.3) is 0 Å². The van der Waals surface area contributed by atoms with E-state index in [-0.39, 0.29) is 5.02 Å². The predicted octanol–water partition coefficient (Wildman–Crippen LogP) is 2.60. The van der Waals surface area contributed by atoms with Crippen molar-refractivity contribution in [2.45, 2.75) is 11.5 Å². The Labute approximate surface area is 88.1 Å². The zero-order chi connectivity index (χ0) is 10.9. The standard InChI is InChI=1S/C6H3Cl2F2NO2S/c7-4-2-11-5(14(8,12)13)1-3(4)6(9)10/h1-2,6H. The van der Waals surface area contributed by atoms with Gasteiger partial charge in [-0.25, -0.2) is 22.2 Å². The Balaban J connectivity index is 3.34. The molecule has 1 heterocycles. The molecule has 0 radical (unpaired) electrons. The van der Waals surface area contributed by atoms with E-state index in [2.05, 4.69) is 4.98 Å². The summed E-state index contributed by atoms with van der Waals surface area (Å²) in [6.45, 7) is 0. The highest BCUT2D eigenvalue weighted by Gasteiger charge is 2.18. The van der Waals surface area contributed by atoms with Crippen molar-refractivity contribution in [3.8, 4) is 0 Å². The fourth-order valence-corrected chi connectivity index (χ4v) is 1.62. The van der Waals surface area contributed by atoms with Crippen LogP contribution in [0, 0.1) is 0 Å². The molecule has 3 nitrogen and oxygen atoms in total. The van der Waals surface area contributed by atoms with Gasteiger partial charge >= 0.3 is 0 Å². The van der Waals surface area contributed by atoms with E-state index in [0.717, 1.165) is 6.20 Å². The summed E-state index contributed by atoms with van der Waals surface area (Å²) < 4.78 is 46.0. The van der Waals surface area contributed by atoms with Gasteiger partial charge in [0.25, 0.3) is 15.5 Å². The van der Waals surface area contributed by atoms with Crippen molar-refractivity contribution < 1.29 is 17.2 Å². The van der Waals surface area contributed by atoms with Gasteiger partial charge in [0.2, 0.25) is 0 Å². The molecule has 14 heavy (non-hydrogen) atoms. The minimum absolute atomic E-state index is 0.302. The Kier molecular flexibility index (Phi) is 3.28. The highest BCUT2D eigenvalue weighted by Crippen LogP contribution is 2.28. The molecule has 8 heteroatoms. The van der Waals surface area contributed by atoms with Crippen LogP contribution >= 0.6 is 22.3 Å². The summed E-state index contributed by atoms with van der Waals surface area (Å²) in [5, 5.41) is -0.942. The van der Waals surface area contributed by atoms with Crippen LogP contribution in [0.1, 0.15) is 12.0 Å². The minimum atomic E-state index is -4.11. The first-order valence-electron chi connectivity index (χ1n) is 3.20. The van der Waals surface area contributed by atoms with Crippen LogP contribution in [0.2, 0.25) is 5.02 Å². The molecule has 0 unspecified atom stereocenters. The van der Waals surface area contributed by atoms with Crippen molar-refractivity contribution in [3.63, 3.8) is 0 Å². The van der Waals surface area contributed by atoms with E-state index in [1.807, 2.05) is 0 Å². The third-order valence-electron chi connectivity index (χ3n) is 1.34. The Hall–Kier alpha value is -0.460. The molecule has 0 bridgehead atoms. The van der Waals surface area contributed by atoms with Gasteiger partial charge in [0.05, 0.1) is 5.02 Å². The number of alkyl halides is 2. The number of aromatic nitrogens is 1. The lowest BCUT2D eigenvalue weighted by Gasteiger charge is -2.03. The normalized spacial score (nSPS) is 12.1. The van der Waals surface area contributed by atoms with Gasteiger partial charge < -0.3 is 0 Å². The van der Waals surface area contributed by atoms with Crippen molar-refractivity contribution >= 4 is 31.3 Å². The lowest BCUT2D eigenvalue weighted by atomic mass is 10.3. The van der Waals surface area contributed by atoms with Gasteiger partial charge in [-0.15, -0.1) is 0 Å². The molecule has 78 valence electrons. The van der Waals surface area contributed by atoms with Crippen molar-refractivity contribution in [1.82, 2.24) is 4.98 Å². The molecule has 0 saturated carbocycles. The number of pyridine rings is 1. The van der Waals surface area contributed by atoms with Crippen molar-refractivity contribution in [2.24, 2.45) is 0 Å². The Morgan fingerprint density at radius 3 is 2.43 bits per heavy atom. The number of hydrogen-bond acceptors (Lipinski definition) is 3. The van der Waals surface area contributed by atoms with Crippen LogP contribution in [0.3, 0.4) is 0 Å². The summed E-state index contributed by atoms with van der Waals surface area (Å²) in [6, 6.07) is 0.648. The third kappa shape index (κ3) is 2.52. The third-order valence-corrected chi connectivity index (χ3v) is 2.86. The first-order chi connectivity index (χ1) is 6.32. The molecule has 0 fully saturated rings. The van der Waals surface area contributed by atoms with E-state index in [1.165, 1.54) is 0 Å². The number of halogens is 4. The highest BCUT2D eigenvalue weighted by atomic mass is 35.7. The summed E-state index contributed by atoms with van der Waals surface area (Å²) in [4.78, 5) is 3.31. The number of nitrogens with zero attached hydrogens (tertiary/aromatic N) is 1. The van der Waals surface area contributed by atoms with Gasteiger partial charge in [0.15, 0.2) is 5.03 Å². The van der Waals surface area contributed by atoms with Crippen LogP contribution in [0.4, 0.5) is 8.78 Å². The maximum atomic E-state index is 12.2. The molecule has 0 atom stereocenters. The van der Waals surface area contributed by atoms with Gasteiger partial charge in [0, 0.05) is 22.4 Å². The Morgan fingerprint density at radius 1 is 1.43 bits per heavy atom. The van der Waals surface area contributed by atoms with Crippen LogP contribution in [0.15, 0.2) is 17.3 Å². The maximum Gasteiger partial charge on any atom is 0.278 e. The molecule has 0 amide bonds. The molecule has 0 aliphatic heterocycles. The second-order valence-electron chi connectivity index (χ2n) is 2.28. The molecule has 0 aliphatic rings. The molecule has 1 rings (SSSR count). The van der Waals surface area contributed by atoms with E-state index in [4.69, 9.17) is 22.3 Å². The van der Waals surface area contributed by atoms with E-state index in [0.29, 0.717) is 6.07 Å². The largest absolute Gasteiger partial charge is 0.278 e. The van der Waals surface area contributed by atoms with E-state index >= 15 is 0 Å². The quantitative estimate of drug-likeness (QED) is 0.769. The lowest BCUT2D eigenvalue weighted by Crippen LogP contribution is -1.97. The van der Waals surface area contributed by atoms with Crippen LogP contribution in [0.5, 0.6) is 0 Å². The summed E-state index contributed by atoms with van der Waals surface area (Å²) in [7, 11) is 0.803.